The molecule has 0 saturated carbocycles. The van der Waals surface area contributed by atoms with Crippen LogP contribution in [0.1, 0.15) is 31.9 Å². The molecule has 1 aromatic carbocycles. The van der Waals surface area contributed by atoms with Gasteiger partial charge in [0.25, 0.3) is 0 Å². The molecule has 0 heterocycles. The maximum atomic E-state index is 3.66. The van der Waals surface area contributed by atoms with E-state index in [0.29, 0.717) is 12.1 Å². The standard InChI is InChI=1S/C17H30BrN3/c1-6-21(14(2)13-20(4)5)12-11-17(19-3)15-9-7-8-10-16(15)18/h7-10,14,17,19H,6,11-13H2,1-5H3. The SMILES string of the molecule is CCN(CCC(NC)c1ccccc1Br)C(C)CN(C)C. The normalized spacial score (nSPS) is 14.7. The number of nitrogens with one attached hydrogen (secondary N) is 1. The fraction of sp³-hybridized carbons (Fsp3) is 0.647. The molecule has 0 aromatic heterocycles. The average molecular weight is 356 g/mol. The number of likely N-dealkylation sites (N-methyl/N-ethyl adjacent to an activating group) is 2. The highest BCUT2D eigenvalue weighted by molar-refractivity contribution is 9.10. The van der Waals surface area contributed by atoms with Gasteiger partial charge in [-0.1, -0.05) is 41.1 Å². The molecule has 0 aliphatic rings. The second-order valence-corrected chi connectivity index (χ2v) is 6.75. The first-order chi connectivity index (χ1) is 9.99. The summed E-state index contributed by atoms with van der Waals surface area (Å²) in [6, 6.07) is 9.47. The highest BCUT2D eigenvalue weighted by atomic mass is 79.9. The molecule has 1 rings (SSSR count). The minimum absolute atomic E-state index is 0.390. The van der Waals surface area contributed by atoms with Gasteiger partial charge in [0.1, 0.15) is 0 Å². The first-order valence-electron chi connectivity index (χ1n) is 7.80. The van der Waals surface area contributed by atoms with Gasteiger partial charge >= 0.3 is 0 Å². The van der Waals surface area contributed by atoms with E-state index in [4.69, 9.17) is 0 Å². The van der Waals surface area contributed by atoms with Gasteiger partial charge in [-0.3, -0.25) is 4.90 Å². The van der Waals surface area contributed by atoms with Gasteiger partial charge in [0, 0.05) is 29.6 Å². The van der Waals surface area contributed by atoms with E-state index >= 15 is 0 Å². The average Bonchev–Trinajstić information content (AvgIpc) is 2.44. The van der Waals surface area contributed by atoms with E-state index in [2.05, 4.69) is 83.3 Å². The molecule has 0 aliphatic carbocycles. The van der Waals surface area contributed by atoms with Crippen LogP contribution in [0.15, 0.2) is 28.7 Å². The van der Waals surface area contributed by atoms with E-state index in [1.165, 1.54) is 10.0 Å². The Kier molecular flexibility index (Phi) is 8.49. The van der Waals surface area contributed by atoms with Crippen molar-refractivity contribution in [2.45, 2.75) is 32.4 Å². The molecule has 2 unspecified atom stereocenters. The third-order valence-electron chi connectivity index (χ3n) is 3.99. The van der Waals surface area contributed by atoms with Crippen molar-refractivity contribution in [1.29, 1.82) is 0 Å². The molecule has 4 heteroatoms. The Bertz CT molecular complexity index is 409. The fourth-order valence-corrected chi connectivity index (χ4v) is 3.40. The Balaban J connectivity index is 2.63. The lowest BCUT2D eigenvalue weighted by Gasteiger charge is -2.31. The predicted molar refractivity (Wildman–Crippen MR) is 95.8 cm³/mol. The van der Waals surface area contributed by atoms with Crippen LogP contribution in [-0.2, 0) is 0 Å². The maximum Gasteiger partial charge on any atom is 0.0340 e. The zero-order chi connectivity index (χ0) is 15.8. The van der Waals surface area contributed by atoms with Crippen molar-refractivity contribution in [2.24, 2.45) is 0 Å². The predicted octanol–water partition coefficient (Wildman–Crippen LogP) is 3.37. The lowest BCUT2D eigenvalue weighted by atomic mass is 10.0. The van der Waals surface area contributed by atoms with Crippen molar-refractivity contribution in [3.8, 4) is 0 Å². The summed E-state index contributed by atoms with van der Waals surface area (Å²) in [6.07, 6.45) is 1.12. The highest BCUT2D eigenvalue weighted by Gasteiger charge is 2.17. The first-order valence-corrected chi connectivity index (χ1v) is 8.59. The van der Waals surface area contributed by atoms with Gasteiger partial charge in [0.15, 0.2) is 0 Å². The van der Waals surface area contributed by atoms with Crippen molar-refractivity contribution >= 4 is 15.9 Å². The molecule has 0 bridgehead atoms. The number of rotatable bonds is 9. The third kappa shape index (κ3) is 6.07. The van der Waals surface area contributed by atoms with Gasteiger partial charge in [-0.05, 0) is 52.7 Å². The van der Waals surface area contributed by atoms with Gasteiger partial charge < -0.3 is 10.2 Å². The van der Waals surface area contributed by atoms with Crippen LogP contribution in [0.4, 0.5) is 0 Å². The van der Waals surface area contributed by atoms with Crippen LogP contribution >= 0.6 is 15.9 Å². The minimum Gasteiger partial charge on any atom is -0.313 e. The first kappa shape index (κ1) is 18.6. The molecule has 2 atom stereocenters. The van der Waals surface area contributed by atoms with Crippen LogP contribution in [0.25, 0.3) is 0 Å². The zero-order valence-corrected chi connectivity index (χ0v) is 15.7. The van der Waals surface area contributed by atoms with Crippen molar-refractivity contribution in [2.75, 3.05) is 40.8 Å². The minimum atomic E-state index is 0.390. The summed E-state index contributed by atoms with van der Waals surface area (Å²) in [5.74, 6) is 0. The second-order valence-electron chi connectivity index (χ2n) is 5.89. The van der Waals surface area contributed by atoms with Crippen LogP contribution in [0.2, 0.25) is 0 Å². The monoisotopic (exact) mass is 355 g/mol. The highest BCUT2D eigenvalue weighted by Crippen LogP contribution is 2.25. The number of hydrogen-bond acceptors (Lipinski definition) is 3. The second kappa shape index (κ2) is 9.57. The molecule has 0 saturated heterocycles. The lowest BCUT2D eigenvalue weighted by molar-refractivity contribution is 0.174. The smallest absolute Gasteiger partial charge is 0.0340 e. The molecule has 1 aromatic rings. The van der Waals surface area contributed by atoms with Gasteiger partial charge in [-0.2, -0.15) is 0 Å². The zero-order valence-electron chi connectivity index (χ0n) is 14.1. The topological polar surface area (TPSA) is 18.5 Å². The summed E-state index contributed by atoms with van der Waals surface area (Å²) in [5, 5.41) is 3.45. The molecule has 0 aliphatic heterocycles. The van der Waals surface area contributed by atoms with Crippen LogP contribution in [-0.4, -0.2) is 56.6 Å². The van der Waals surface area contributed by atoms with E-state index < -0.39 is 0 Å². The summed E-state index contributed by atoms with van der Waals surface area (Å²) >= 11 is 3.66. The van der Waals surface area contributed by atoms with E-state index in [1.807, 2.05) is 7.05 Å². The molecule has 1 N–H and O–H groups in total. The number of nitrogens with zero attached hydrogens (tertiary/aromatic N) is 2. The molecule has 0 amide bonds. The molecule has 0 spiro atoms. The lowest BCUT2D eigenvalue weighted by Crippen LogP contribution is -2.41. The fourth-order valence-electron chi connectivity index (χ4n) is 2.84. The Hall–Kier alpha value is -0.420. The third-order valence-corrected chi connectivity index (χ3v) is 4.72. The number of benzene rings is 1. The van der Waals surface area contributed by atoms with Crippen LogP contribution < -0.4 is 5.32 Å². The van der Waals surface area contributed by atoms with Crippen molar-refractivity contribution in [3.05, 3.63) is 34.3 Å². The van der Waals surface area contributed by atoms with Gasteiger partial charge in [0.2, 0.25) is 0 Å². The molecule has 120 valence electrons. The van der Waals surface area contributed by atoms with E-state index in [-0.39, 0.29) is 0 Å². The summed E-state index contributed by atoms with van der Waals surface area (Å²) in [4.78, 5) is 4.82. The van der Waals surface area contributed by atoms with E-state index in [9.17, 15) is 0 Å². The molecule has 21 heavy (non-hydrogen) atoms. The van der Waals surface area contributed by atoms with Crippen LogP contribution in [0.5, 0.6) is 0 Å². The Labute approximate surface area is 138 Å². The van der Waals surface area contributed by atoms with Crippen LogP contribution in [0, 0.1) is 0 Å². The Morgan fingerprint density at radius 2 is 1.90 bits per heavy atom. The quantitative estimate of drug-likeness (QED) is 0.732. The van der Waals surface area contributed by atoms with Crippen molar-refractivity contribution in [1.82, 2.24) is 15.1 Å². The molecular formula is C17H30BrN3. The molecular weight excluding hydrogens is 326 g/mol. The molecule has 3 nitrogen and oxygen atoms in total. The van der Waals surface area contributed by atoms with E-state index in [1.54, 1.807) is 0 Å². The Morgan fingerprint density at radius 3 is 2.43 bits per heavy atom. The van der Waals surface area contributed by atoms with Gasteiger partial charge in [0.05, 0.1) is 0 Å². The Morgan fingerprint density at radius 1 is 1.24 bits per heavy atom. The maximum absolute atomic E-state index is 3.66. The van der Waals surface area contributed by atoms with Crippen molar-refractivity contribution in [3.63, 3.8) is 0 Å². The number of halogens is 1. The summed E-state index contributed by atoms with van der Waals surface area (Å²) in [7, 11) is 6.33. The van der Waals surface area contributed by atoms with Crippen molar-refractivity contribution < 1.29 is 0 Å². The molecule has 0 radical (unpaired) electrons. The van der Waals surface area contributed by atoms with Gasteiger partial charge in [-0.25, -0.2) is 0 Å². The van der Waals surface area contributed by atoms with E-state index in [0.717, 1.165) is 26.1 Å². The number of hydrogen-bond donors (Lipinski definition) is 1. The summed E-state index contributed by atoms with van der Waals surface area (Å²) < 4.78 is 1.19. The summed E-state index contributed by atoms with van der Waals surface area (Å²) in [5.41, 5.74) is 1.34. The van der Waals surface area contributed by atoms with Crippen LogP contribution in [0.3, 0.4) is 0 Å². The molecule has 0 fully saturated rings. The van der Waals surface area contributed by atoms with Gasteiger partial charge in [-0.15, -0.1) is 0 Å². The summed E-state index contributed by atoms with van der Waals surface area (Å²) in [6.45, 7) is 7.88. The largest absolute Gasteiger partial charge is 0.313 e.